The lowest BCUT2D eigenvalue weighted by Crippen LogP contribution is -2.50. The zero-order valence-corrected chi connectivity index (χ0v) is 15.7. The predicted octanol–water partition coefficient (Wildman–Crippen LogP) is 2.83. The molecule has 130 valence electrons. The summed E-state index contributed by atoms with van der Waals surface area (Å²) in [4.78, 5) is 24.2. The average Bonchev–Trinajstić information content (AvgIpc) is 2.88. The molecule has 0 fully saturated rings. The molecule has 1 aromatic rings. The van der Waals surface area contributed by atoms with Crippen LogP contribution in [0.2, 0.25) is 0 Å². The van der Waals surface area contributed by atoms with Crippen LogP contribution in [0.1, 0.15) is 41.0 Å². The smallest absolute Gasteiger partial charge is 0.408 e. The van der Waals surface area contributed by atoms with Crippen LogP contribution in [0.15, 0.2) is 21.7 Å². The third-order valence-corrected chi connectivity index (χ3v) is 4.88. The van der Waals surface area contributed by atoms with Gasteiger partial charge in [-0.1, -0.05) is 25.2 Å². The van der Waals surface area contributed by atoms with Crippen LogP contribution >= 0.6 is 11.3 Å². The maximum Gasteiger partial charge on any atom is 0.408 e. The van der Waals surface area contributed by atoms with Gasteiger partial charge in [0.15, 0.2) is 0 Å². The van der Waals surface area contributed by atoms with E-state index >= 15 is 0 Å². The van der Waals surface area contributed by atoms with E-state index in [4.69, 9.17) is 4.74 Å². The van der Waals surface area contributed by atoms with Gasteiger partial charge in [0.05, 0.1) is 0 Å². The van der Waals surface area contributed by atoms with Crippen molar-refractivity contribution >= 4 is 34.7 Å². The van der Waals surface area contributed by atoms with Crippen molar-refractivity contribution in [2.45, 2.75) is 56.9 Å². The first-order chi connectivity index (χ1) is 10.6. The molecular weight excluding hydrogens is 336 g/mol. The molecule has 1 aromatic heterocycles. The first-order valence-electron chi connectivity index (χ1n) is 7.34. The molecule has 0 bridgehead atoms. The fourth-order valence-corrected chi connectivity index (χ4v) is 3.45. The highest BCUT2D eigenvalue weighted by atomic mass is 32.2. The number of carbonyl (C=O) groups excluding carboxylic acids is 2. The molecule has 0 aliphatic rings. The molecule has 0 aliphatic heterocycles. The molecule has 0 saturated carbocycles. The lowest BCUT2D eigenvalue weighted by Gasteiger charge is -2.24. The van der Waals surface area contributed by atoms with Crippen LogP contribution < -0.4 is 10.0 Å². The zero-order valence-electron chi connectivity index (χ0n) is 14.0. The number of amides is 2. The van der Waals surface area contributed by atoms with E-state index < -0.39 is 35.0 Å². The van der Waals surface area contributed by atoms with Crippen molar-refractivity contribution in [2.24, 2.45) is 5.92 Å². The largest absolute Gasteiger partial charge is 0.587 e. The van der Waals surface area contributed by atoms with Crippen LogP contribution in [0.4, 0.5) is 4.79 Å². The lowest BCUT2D eigenvalue weighted by atomic mass is 10.0. The van der Waals surface area contributed by atoms with Crippen molar-refractivity contribution < 1.29 is 18.9 Å². The third-order valence-electron chi connectivity index (χ3n) is 2.59. The first kappa shape index (κ1) is 19.8. The number of hydrogen-bond acceptors (Lipinski definition) is 5. The molecule has 1 unspecified atom stereocenters. The summed E-state index contributed by atoms with van der Waals surface area (Å²) in [5.74, 6) is -0.313. The summed E-state index contributed by atoms with van der Waals surface area (Å²) in [5, 5.41) is 4.33. The Bertz CT molecular complexity index is 512. The Hall–Kier alpha value is -1.25. The van der Waals surface area contributed by atoms with Crippen LogP contribution in [0, 0.1) is 5.92 Å². The van der Waals surface area contributed by atoms with Crippen LogP contribution in [-0.4, -0.2) is 28.2 Å². The monoisotopic (exact) mass is 360 g/mol. The molecule has 2 amide bonds. The molecule has 23 heavy (non-hydrogen) atoms. The molecule has 0 spiro atoms. The minimum atomic E-state index is -1.62. The van der Waals surface area contributed by atoms with Gasteiger partial charge in [0, 0.05) is 6.07 Å². The van der Waals surface area contributed by atoms with Crippen molar-refractivity contribution in [1.29, 1.82) is 0 Å². The number of nitrogens with one attached hydrogen (secondary N) is 2. The number of alkyl carbamates (subject to hydrolysis) is 1. The maximum absolute atomic E-state index is 12.3. The fourth-order valence-electron chi connectivity index (χ4n) is 1.73. The summed E-state index contributed by atoms with van der Waals surface area (Å²) in [6, 6.07) is 2.64. The molecule has 6 nitrogen and oxygen atoms in total. The summed E-state index contributed by atoms with van der Waals surface area (Å²) in [7, 11) is 0. The van der Waals surface area contributed by atoms with E-state index in [-0.39, 0.29) is 5.92 Å². The second kappa shape index (κ2) is 8.56. The summed E-state index contributed by atoms with van der Waals surface area (Å²) >= 11 is -0.331. The highest BCUT2D eigenvalue weighted by Crippen LogP contribution is 2.16. The van der Waals surface area contributed by atoms with Gasteiger partial charge in [-0.3, -0.25) is 4.79 Å². The molecule has 2 N–H and O–H groups in total. The Balaban J connectivity index is 2.68. The highest BCUT2D eigenvalue weighted by Gasteiger charge is 2.28. The molecule has 0 saturated heterocycles. The Kier molecular flexibility index (Phi) is 7.37. The summed E-state index contributed by atoms with van der Waals surface area (Å²) in [5.41, 5.74) is -0.650. The summed E-state index contributed by atoms with van der Waals surface area (Å²) in [6.07, 6.45) is -0.243. The van der Waals surface area contributed by atoms with Crippen molar-refractivity contribution in [1.82, 2.24) is 10.0 Å². The van der Waals surface area contributed by atoms with Gasteiger partial charge >= 0.3 is 6.09 Å². The average molecular weight is 361 g/mol. The molecule has 0 aliphatic carbocycles. The Morgan fingerprint density at radius 1 is 1.39 bits per heavy atom. The summed E-state index contributed by atoms with van der Waals surface area (Å²) < 4.78 is 20.2. The molecule has 1 heterocycles. The van der Waals surface area contributed by atoms with Crippen molar-refractivity contribution in [2.75, 3.05) is 0 Å². The van der Waals surface area contributed by atoms with E-state index in [0.717, 1.165) is 0 Å². The Labute approximate surface area is 144 Å². The molecule has 2 atom stereocenters. The molecule has 1 rings (SSSR count). The Morgan fingerprint density at radius 3 is 2.52 bits per heavy atom. The number of carbonyl (C=O) groups is 2. The Morgan fingerprint density at radius 2 is 2.04 bits per heavy atom. The van der Waals surface area contributed by atoms with Crippen molar-refractivity contribution in [3.05, 3.63) is 17.5 Å². The normalized spacial score (nSPS) is 14.2. The van der Waals surface area contributed by atoms with E-state index in [2.05, 4.69) is 10.0 Å². The number of hydrogen-bond donors (Lipinski definition) is 2. The van der Waals surface area contributed by atoms with E-state index in [1.807, 2.05) is 13.8 Å². The molecule has 0 aromatic carbocycles. The standard InChI is InChI=1S/C15H24N2O4S2/c1-10(2)9-11(16-14(19)21-15(3,4)5)13(18)17-23(20)12-7-6-8-22-12/h6-8,10-11H,9H2,1-5H3,(H,16,19)(H,17,18)/t11-,23?/m0/s1. The fraction of sp³-hybridized carbons (Fsp3) is 0.600. The predicted molar refractivity (Wildman–Crippen MR) is 91.5 cm³/mol. The SMILES string of the molecule is CC(C)C[C@H](NC(=O)OC(C)(C)C)C(=O)N[S+]([O-])c1cccs1. The van der Waals surface area contributed by atoms with Gasteiger partial charge in [0.1, 0.15) is 23.0 Å². The van der Waals surface area contributed by atoms with Gasteiger partial charge in [0.25, 0.3) is 5.91 Å². The van der Waals surface area contributed by atoms with Gasteiger partial charge in [0.2, 0.25) is 4.21 Å². The van der Waals surface area contributed by atoms with E-state index in [9.17, 15) is 14.1 Å². The van der Waals surface area contributed by atoms with Crippen LogP contribution in [0.5, 0.6) is 0 Å². The number of ether oxygens (including phenoxy) is 1. The number of thiophene rings is 1. The van der Waals surface area contributed by atoms with Gasteiger partial charge in [-0.15, -0.1) is 0 Å². The van der Waals surface area contributed by atoms with E-state index in [1.165, 1.54) is 11.3 Å². The quantitative estimate of drug-likeness (QED) is 0.763. The van der Waals surface area contributed by atoms with Crippen LogP contribution in [0.25, 0.3) is 0 Å². The van der Waals surface area contributed by atoms with Gasteiger partial charge in [-0.2, -0.15) is 4.72 Å². The minimum Gasteiger partial charge on any atom is -0.587 e. The van der Waals surface area contributed by atoms with E-state index in [0.29, 0.717) is 10.6 Å². The first-order valence-corrected chi connectivity index (χ1v) is 9.36. The minimum absolute atomic E-state index is 0.177. The van der Waals surface area contributed by atoms with Gasteiger partial charge in [-0.25, -0.2) is 4.79 Å². The van der Waals surface area contributed by atoms with Gasteiger partial charge < -0.3 is 14.6 Å². The second-order valence-electron chi connectivity index (χ2n) is 6.50. The lowest BCUT2D eigenvalue weighted by molar-refractivity contribution is -0.121. The zero-order chi connectivity index (χ0) is 17.6. The second-order valence-corrected chi connectivity index (χ2v) is 8.88. The van der Waals surface area contributed by atoms with E-state index in [1.54, 1.807) is 38.3 Å². The number of rotatable bonds is 6. The molecule has 0 radical (unpaired) electrons. The highest BCUT2D eigenvalue weighted by molar-refractivity contribution is 7.92. The van der Waals surface area contributed by atoms with Gasteiger partial charge in [-0.05, 0) is 44.6 Å². The molecule has 8 heteroatoms. The van der Waals surface area contributed by atoms with Crippen molar-refractivity contribution in [3.8, 4) is 0 Å². The van der Waals surface area contributed by atoms with Crippen LogP contribution in [0.3, 0.4) is 0 Å². The summed E-state index contributed by atoms with van der Waals surface area (Å²) in [6.45, 7) is 9.11. The third kappa shape index (κ3) is 7.71. The molecular formula is C15H24N2O4S2. The van der Waals surface area contributed by atoms with Crippen molar-refractivity contribution in [3.63, 3.8) is 0 Å². The maximum atomic E-state index is 12.3. The van der Waals surface area contributed by atoms with Crippen LogP contribution in [-0.2, 0) is 20.9 Å². The topological polar surface area (TPSA) is 90.5 Å².